The van der Waals surface area contributed by atoms with E-state index in [0.29, 0.717) is 17.2 Å². The molecular weight excluding hydrogens is 434 g/mol. The highest BCUT2D eigenvalue weighted by molar-refractivity contribution is 6.10. The summed E-state index contributed by atoms with van der Waals surface area (Å²) < 4.78 is 10.7. The first-order valence-corrected chi connectivity index (χ1v) is 10.9. The molecule has 0 spiro atoms. The first kappa shape index (κ1) is 21.5. The third kappa shape index (κ3) is 4.17. The SMILES string of the molecule is CC1(Cc2ccc3c(c2)OCO3)NC(=O)N(CC(=O)Nc2ccc(-c3ccccc3)cc2)C1=O. The van der Waals surface area contributed by atoms with Gasteiger partial charge in [-0.15, -0.1) is 0 Å². The molecule has 2 aliphatic heterocycles. The second kappa shape index (κ2) is 8.55. The van der Waals surface area contributed by atoms with Crippen molar-refractivity contribution < 1.29 is 23.9 Å². The number of carbonyl (C=O) groups is 3. The molecule has 8 heteroatoms. The largest absolute Gasteiger partial charge is 0.454 e. The summed E-state index contributed by atoms with van der Waals surface area (Å²) in [6, 6.07) is 22.1. The average Bonchev–Trinajstić information content (AvgIpc) is 3.38. The summed E-state index contributed by atoms with van der Waals surface area (Å²) in [4.78, 5) is 39.1. The van der Waals surface area contributed by atoms with E-state index in [-0.39, 0.29) is 19.8 Å². The van der Waals surface area contributed by atoms with Crippen LogP contribution in [0.25, 0.3) is 11.1 Å². The predicted molar refractivity (Wildman–Crippen MR) is 125 cm³/mol. The molecule has 0 radical (unpaired) electrons. The summed E-state index contributed by atoms with van der Waals surface area (Å²) in [5.41, 5.74) is 2.32. The van der Waals surface area contributed by atoms with Crippen molar-refractivity contribution in [2.45, 2.75) is 18.9 Å². The van der Waals surface area contributed by atoms with E-state index in [9.17, 15) is 14.4 Å². The molecule has 8 nitrogen and oxygen atoms in total. The molecular formula is C26H23N3O5. The Morgan fingerprint density at radius 2 is 1.68 bits per heavy atom. The van der Waals surface area contributed by atoms with E-state index in [1.54, 1.807) is 31.2 Å². The van der Waals surface area contributed by atoms with Gasteiger partial charge in [-0.05, 0) is 47.9 Å². The lowest BCUT2D eigenvalue weighted by atomic mass is 9.92. The van der Waals surface area contributed by atoms with Crippen LogP contribution < -0.4 is 20.1 Å². The van der Waals surface area contributed by atoms with Crippen LogP contribution in [0.2, 0.25) is 0 Å². The molecule has 3 aromatic carbocycles. The number of amides is 4. The van der Waals surface area contributed by atoms with Gasteiger partial charge in [-0.3, -0.25) is 14.5 Å². The highest BCUT2D eigenvalue weighted by Crippen LogP contribution is 2.34. The number of fused-ring (bicyclic) bond motifs is 1. The van der Waals surface area contributed by atoms with Crippen LogP contribution in [0, 0.1) is 0 Å². The lowest BCUT2D eigenvalue weighted by Crippen LogP contribution is -2.46. The van der Waals surface area contributed by atoms with E-state index >= 15 is 0 Å². The molecule has 0 saturated carbocycles. The number of rotatable bonds is 6. The summed E-state index contributed by atoms with van der Waals surface area (Å²) in [5, 5.41) is 5.48. The summed E-state index contributed by atoms with van der Waals surface area (Å²) in [6.07, 6.45) is 0.257. The average molecular weight is 457 g/mol. The lowest BCUT2D eigenvalue weighted by molar-refractivity contribution is -0.133. The molecule has 1 saturated heterocycles. The van der Waals surface area contributed by atoms with E-state index in [2.05, 4.69) is 10.6 Å². The smallest absolute Gasteiger partial charge is 0.325 e. The van der Waals surface area contributed by atoms with Gasteiger partial charge < -0.3 is 20.1 Å². The molecule has 0 aliphatic carbocycles. The van der Waals surface area contributed by atoms with Gasteiger partial charge in [0.15, 0.2) is 11.5 Å². The number of imide groups is 1. The van der Waals surface area contributed by atoms with Crippen molar-refractivity contribution >= 4 is 23.5 Å². The molecule has 2 N–H and O–H groups in total. The lowest BCUT2D eigenvalue weighted by Gasteiger charge is -2.22. The second-order valence-electron chi connectivity index (χ2n) is 8.51. The molecule has 5 rings (SSSR count). The molecule has 0 bridgehead atoms. The third-order valence-corrected chi connectivity index (χ3v) is 5.92. The van der Waals surface area contributed by atoms with Crippen LogP contribution in [0.4, 0.5) is 10.5 Å². The van der Waals surface area contributed by atoms with Crippen molar-refractivity contribution in [2.24, 2.45) is 0 Å². The summed E-state index contributed by atoms with van der Waals surface area (Å²) in [5.74, 6) is 0.339. The van der Waals surface area contributed by atoms with Gasteiger partial charge >= 0.3 is 6.03 Å². The Balaban J connectivity index is 1.22. The number of nitrogens with one attached hydrogen (secondary N) is 2. The zero-order chi connectivity index (χ0) is 23.7. The molecule has 4 amide bonds. The fraction of sp³-hybridized carbons (Fsp3) is 0.192. The molecule has 3 aromatic rings. The molecule has 172 valence electrons. The minimum Gasteiger partial charge on any atom is -0.454 e. The van der Waals surface area contributed by atoms with E-state index in [4.69, 9.17) is 9.47 Å². The van der Waals surface area contributed by atoms with Gasteiger partial charge in [0.1, 0.15) is 12.1 Å². The third-order valence-electron chi connectivity index (χ3n) is 5.92. The number of hydrogen-bond acceptors (Lipinski definition) is 5. The number of benzene rings is 3. The van der Waals surface area contributed by atoms with Crippen molar-refractivity contribution in [1.82, 2.24) is 10.2 Å². The number of carbonyl (C=O) groups excluding carboxylic acids is 3. The number of hydrogen-bond donors (Lipinski definition) is 2. The van der Waals surface area contributed by atoms with Crippen molar-refractivity contribution in [2.75, 3.05) is 18.7 Å². The van der Waals surface area contributed by atoms with E-state index in [0.717, 1.165) is 21.6 Å². The quantitative estimate of drug-likeness (QED) is 0.552. The van der Waals surface area contributed by atoms with Gasteiger partial charge in [-0.1, -0.05) is 48.5 Å². The van der Waals surface area contributed by atoms with Crippen molar-refractivity contribution in [3.05, 3.63) is 78.4 Å². The van der Waals surface area contributed by atoms with Crippen LogP contribution in [0.15, 0.2) is 72.8 Å². The van der Waals surface area contributed by atoms with Gasteiger partial charge in [-0.25, -0.2) is 4.79 Å². The Morgan fingerprint density at radius 3 is 2.44 bits per heavy atom. The molecule has 1 atom stereocenters. The number of urea groups is 1. The van der Waals surface area contributed by atoms with Gasteiger partial charge in [-0.2, -0.15) is 0 Å². The van der Waals surface area contributed by atoms with Crippen LogP contribution >= 0.6 is 0 Å². The Morgan fingerprint density at radius 1 is 0.971 bits per heavy atom. The van der Waals surface area contributed by atoms with Gasteiger partial charge in [0.2, 0.25) is 12.7 Å². The standard InChI is InChI=1S/C26H23N3O5/c1-26(14-17-7-12-21-22(13-17)34-16-33-21)24(31)29(25(32)28-26)15-23(30)27-20-10-8-19(9-11-20)18-5-3-2-4-6-18/h2-13H,14-16H2,1H3,(H,27,30)(H,28,32). The topological polar surface area (TPSA) is 97.0 Å². The summed E-state index contributed by atoms with van der Waals surface area (Å²) >= 11 is 0. The van der Waals surface area contributed by atoms with Crippen LogP contribution in [0.5, 0.6) is 11.5 Å². The summed E-state index contributed by atoms with van der Waals surface area (Å²) in [7, 11) is 0. The zero-order valence-electron chi connectivity index (χ0n) is 18.5. The highest BCUT2D eigenvalue weighted by Gasteiger charge is 2.48. The minimum absolute atomic E-state index is 0.156. The molecule has 1 fully saturated rings. The van der Waals surface area contributed by atoms with Crippen LogP contribution in [0.3, 0.4) is 0 Å². The Kier molecular flexibility index (Phi) is 5.41. The molecule has 2 aliphatic rings. The van der Waals surface area contributed by atoms with Crippen LogP contribution in [-0.2, 0) is 16.0 Å². The number of nitrogens with zero attached hydrogens (tertiary/aromatic N) is 1. The summed E-state index contributed by atoms with van der Waals surface area (Å²) in [6.45, 7) is 1.43. The first-order chi connectivity index (χ1) is 16.4. The van der Waals surface area contributed by atoms with Gasteiger partial charge in [0.25, 0.3) is 5.91 Å². The fourth-order valence-electron chi connectivity index (χ4n) is 4.19. The van der Waals surface area contributed by atoms with Crippen LogP contribution in [0.1, 0.15) is 12.5 Å². The monoisotopic (exact) mass is 457 g/mol. The molecule has 1 unspecified atom stereocenters. The maximum atomic E-state index is 13.1. The molecule has 0 aromatic heterocycles. The van der Waals surface area contributed by atoms with E-state index in [1.807, 2.05) is 48.5 Å². The molecule has 34 heavy (non-hydrogen) atoms. The van der Waals surface area contributed by atoms with Crippen molar-refractivity contribution in [1.29, 1.82) is 0 Å². The predicted octanol–water partition coefficient (Wildman–Crippen LogP) is 3.57. The second-order valence-corrected chi connectivity index (χ2v) is 8.51. The normalized spacial score (nSPS) is 18.7. The fourth-order valence-corrected chi connectivity index (χ4v) is 4.19. The Labute approximate surface area is 196 Å². The number of anilines is 1. The zero-order valence-corrected chi connectivity index (χ0v) is 18.5. The highest BCUT2D eigenvalue weighted by atomic mass is 16.7. The van der Waals surface area contributed by atoms with E-state index in [1.165, 1.54) is 0 Å². The molecule has 2 heterocycles. The van der Waals surface area contributed by atoms with Crippen LogP contribution in [-0.4, -0.2) is 41.6 Å². The number of ether oxygens (including phenoxy) is 2. The Bertz CT molecular complexity index is 1260. The van der Waals surface area contributed by atoms with Crippen molar-refractivity contribution in [3.63, 3.8) is 0 Å². The maximum Gasteiger partial charge on any atom is 0.325 e. The van der Waals surface area contributed by atoms with Gasteiger partial charge in [0, 0.05) is 12.1 Å². The van der Waals surface area contributed by atoms with E-state index < -0.39 is 23.4 Å². The first-order valence-electron chi connectivity index (χ1n) is 10.9. The van der Waals surface area contributed by atoms with Gasteiger partial charge in [0.05, 0.1) is 0 Å². The minimum atomic E-state index is -1.16. The maximum absolute atomic E-state index is 13.1. The van der Waals surface area contributed by atoms with Crippen molar-refractivity contribution in [3.8, 4) is 22.6 Å². The Hall–Kier alpha value is -4.33.